The summed E-state index contributed by atoms with van der Waals surface area (Å²) in [6.45, 7) is 4.22. The predicted molar refractivity (Wildman–Crippen MR) is 87.0 cm³/mol. The van der Waals surface area contributed by atoms with Gasteiger partial charge in [0.25, 0.3) is 0 Å². The molecular weight excluding hydrogens is 262 g/mol. The van der Waals surface area contributed by atoms with E-state index in [0.29, 0.717) is 12.1 Å². The zero-order valence-corrected chi connectivity index (χ0v) is 13.4. The number of hydrogen-bond acceptors (Lipinski definition) is 3. The Morgan fingerprint density at radius 1 is 1.29 bits per heavy atom. The van der Waals surface area contributed by atoms with Crippen LogP contribution in [0.5, 0.6) is 5.75 Å². The maximum atomic E-state index is 5.98. The molecule has 1 heterocycles. The van der Waals surface area contributed by atoms with Crippen LogP contribution in [0, 0.1) is 0 Å². The smallest absolute Gasteiger partial charge is 0.118 e. The molecule has 1 aliphatic heterocycles. The van der Waals surface area contributed by atoms with Crippen LogP contribution in [0.1, 0.15) is 44.6 Å². The first-order chi connectivity index (χ1) is 10.3. The first-order valence-corrected chi connectivity index (χ1v) is 8.31. The van der Waals surface area contributed by atoms with Gasteiger partial charge in [0.2, 0.25) is 0 Å². The second-order valence-electron chi connectivity index (χ2n) is 5.85. The highest BCUT2D eigenvalue weighted by Crippen LogP contribution is 2.20. The molecule has 0 amide bonds. The van der Waals surface area contributed by atoms with Crippen LogP contribution in [-0.4, -0.2) is 32.4 Å². The molecule has 1 aromatic rings. The summed E-state index contributed by atoms with van der Waals surface area (Å²) in [6, 6.07) is 8.89. The molecule has 1 fully saturated rings. The number of rotatable bonds is 8. The van der Waals surface area contributed by atoms with Gasteiger partial charge in [-0.1, -0.05) is 19.1 Å². The lowest BCUT2D eigenvalue weighted by Crippen LogP contribution is -2.43. The van der Waals surface area contributed by atoms with E-state index >= 15 is 0 Å². The van der Waals surface area contributed by atoms with Gasteiger partial charge >= 0.3 is 0 Å². The molecule has 3 heteroatoms. The van der Waals surface area contributed by atoms with Crippen molar-refractivity contribution >= 4 is 0 Å². The Morgan fingerprint density at radius 3 is 2.71 bits per heavy atom. The highest BCUT2D eigenvalue weighted by molar-refractivity contribution is 5.27. The van der Waals surface area contributed by atoms with E-state index in [9.17, 15) is 0 Å². The molecule has 3 nitrogen and oxygen atoms in total. The molecule has 1 N–H and O–H groups in total. The molecule has 118 valence electrons. The average molecular weight is 291 g/mol. The first-order valence-electron chi connectivity index (χ1n) is 8.31. The molecule has 0 saturated carbocycles. The summed E-state index contributed by atoms with van der Waals surface area (Å²) in [7, 11) is 1.71. The van der Waals surface area contributed by atoms with Gasteiger partial charge in [-0.2, -0.15) is 0 Å². The normalized spacial score (nSPS) is 20.2. The largest absolute Gasteiger partial charge is 0.497 e. The van der Waals surface area contributed by atoms with Crippen molar-refractivity contribution in [3.8, 4) is 5.75 Å². The van der Waals surface area contributed by atoms with Gasteiger partial charge < -0.3 is 14.8 Å². The Balaban J connectivity index is 1.87. The van der Waals surface area contributed by atoms with Crippen LogP contribution in [0.3, 0.4) is 0 Å². The minimum absolute atomic E-state index is 0.392. The highest BCUT2D eigenvalue weighted by Gasteiger charge is 2.23. The highest BCUT2D eigenvalue weighted by atomic mass is 16.5. The molecule has 1 aliphatic rings. The second kappa shape index (κ2) is 9.06. The van der Waals surface area contributed by atoms with Crippen LogP contribution in [0.25, 0.3) is 0 Å². The van der Waals surface area contributed by atoms with E-state index in [1.165, 1.54) is 31.2 Å². The van der Waals surface area contributed by atoms with Crippen molar-refractivity contribution in [1.29, 1.82) is 0 Å². The topological polar surface area (TPSA) is 30.5 Å². The third-order valence-electron chi connectivity index (χ3n) is 4.22. The van der Waals surface area contributed by atoms with E-state index < -0.39 is 0 Å². The number of methoxy groups -OCH3 is 1. The average Bonchev–Trinajstić information content (AvgIpc) is 2.56. The zero-order chi connectivity index (χ0) is 14.9. The number of nitrogens with one attached hydrogen (secondary N) is 1. The van der Waals surface area contributed by atoms with Crippen molar-refractivity contribution in [3.63, 3.8) is 0 Å². The zero-order valence-electron chi connectivity index (χ0n) is 13.4. The van der Waals surface area contributed by atoms with E-state index in [0.717, 1.165) is 31.7 Å². The van der Waals surface area contributed by atoms with E-state index in [1.807, 2.05) is 12.1 Å². The lowest BCUT2D eigenvalue weighted by molar-refractivity contribution is -0.00914. The molecule has 0 aromatic heterocycles. The maximum Gasteiger partial charge on any atom is 0.118 e. The Kier molecular flexibility index (Phi) is 7.04. The molecule has 0 spiro atoms. The van der Waals surface area contributed by atoms with Gasteiger partial charge in [-0.25, -0.2) is 0 Å². The van der Waals surface area contributed by atoms with Crippen LogP contribution >= 0.6 is 0 Å². The molecule has 2 atom stereocenters. The third-order valence-corrected chi connectivity index (χ3v) is 4.22. The van der Waals surface area contributed by atoms with Gasteiger partial charge in [0.1, 0.15) is 5.75 Å². The van der Waals surface area contributed by atoms with Crippen molar-refractivity contribution in [1.82, 2.24) is 5.32 Å². The summed E-state index contributed by atoms with van der Waals surface area (Å²) in [6.07, 6.45) is 7.51. The maximum absolute atomic E-state index is 5.98. The quantitative estimate of drug-likeness (QED) is 0.794. The van der Waals surface area contributed by atoms with E-state index in [4.69, 9.17) is 9.47 Å². The molecule has 2 rings (SSSR count). The van der Waals surface area contributed by atoms with Crippen molar-refractivity contribution in [2.75, 3.05) is 20.3 Å². The number of hydrogen-bond donors (Lipinski definition) is 1. The summed E-state index contributed by atoms with van der Waals surface area (Å²) in [5.74, 6) is 0.926. The minimum Gasteiger partial charge on any atom is -0.497 e. The van der Waals surface area contributed by atoms with Crippen LogP contribution in [0.4, 0.5) is 0 Å². The Labute approximate surface area is 129 Å². The molecule has 1 aromatic carbocycles. The summed E-state index contributed by atoms with van der Waals surface area (Å²) in [5.41, 5.74) is 1.37. The summed E-state index contributed by atoms with van der Waals surface area (Å²) >= 11 is 0. The summed E-state index contributed by atoms with van der Waals surface area (Å²) in [5, 5.41) is 3.68. The van der Waals surface area contributed by atoms with Gasteiger partial charge in [-0.3, -0.25) is 0 Å². The van der Waals surface area contributed by atoms with Gasteiger partial charge in [0, 0.05) is 12.6 Å². The van der Waals surface area contributed by atoms with Gasteiger partial charge in [0.15, 0.2) is 0 Å². The molecule has 0 bridgehead atoms. The van der Waals surface area contributed by atoms with Gasteiger partial charge in [-0.15, -0.1) is 0 Å². The lowest BCUT2D eigenvalue weighted by atomic mass is 9.96. The summed E-state index contributed by atoms with van der Waals surface area (Å²) < 4.78 is 11.2. The van der Waals surface area contributed by atoms with Crippen molar-refractivity contribution in [3.05, 3.63) is 29.8 Å². The van der Waals surface area contributed by atoms with Gasteiger partial charge in [0.05, 0.1) is 13.2 Å². The SMILES string of the molecule is CCCNC(CCc1ccc(OC)cc1)C1CCCCO1. The molecule has 21 heavy (non-hydrogen) atoms. The van der Waals surface area contributed by atoms with Crippen molar-refractivity contribution in [2.24, 2.45) is 0 Å². The molecule has 0 aliphatic carbocycles. The van der Waals surface area contributed by atoms with E-state index in [2.05, 4.69) is 24.4 Å². The van der Waals surface area contributed by atoms with Gasteiger partial charge in [-0.05, 0) is 62.8 Å². The number of benzene rings is 1. The monoisotopic (exact) mass is 291 g/mol. The third kappa shape index (κ3) is 5.33. The van der Waals surface area contributed by atoms with Crippen LogP contribution in [0.15, 0.2) is 24.3 Å². The van der Waals surface area contributed by atoms with Crippen molar-refractivity contribution < 1.29 is 9.47 Å². The Morgan fingerprint density at radius 2 is 2.10 bits per heavy atom. The second-order valence-corrected chi connectivity index (χ2v) is 5.85. The minimum atomic E-state index is 0.392. The fraction of sp³-hybridized carbons (Fsp3) is 0.667. The number of ether oxygens (including phenoxy) is 2. The van der Waals surface area contributed by atoms with E-state index in [1.54, 1.807) is 7.11 Å². The predicted octanol–water partition coefficient (Wildman–Crippen LogP) is 3.57. The fourth-order valence-electron chi connectivity index (χ4n) is 2.95. The fourth-order valence-corrected chi connectivity index (χ4v) is 2.95. The first kappa shape index (κ1) is 16.3. The molecule has 1 saturated heterocycles. The Bertz CT molecular complexity index is 385. The Hall–Kier alpha value is -1.06. The van der Waals surface area contributed by atoms with E-state index in [-0.39, 0.29) is 0 Å². The van der Waals surface area contributed by atoms with Crippen LogP contribution in [0.2, 0.25) is 0 Å². The summed E-state index contributed by atoms with van der Waals surface area (Å²) in [4.78, 5) is 0. The van der Waals surface area contributed by atoms with Crippen LogP contribution in [-0.2, 0) is 11.2 Å². The standard InChI is InChI=1S/C18H29NO2/c1-3-13-19-17(18-6-4-5-14-21-18)12-9-15-7-10-16(20-2)11-8-15/h7-8,10-11,17-19H,3-6,9,12-14H2,1-2H3. The molecule has 0 radical (unpaired) electrons. The molecular formula is C18H29NO2. The van der Waals surface area contributed by atoms with Crippen molar-refractivity contribution in [2.45, 2.75) is 57.6 Å². The molecule has 2 unspecified atom stereocenters. The van der Waals surface area contributed by atoms with Crippen LogP contribution < -0.4 is 10.1 Å². The lowest BCUT2D eigenvalue weighted by Gasteiger charge is -2.31. The number of aryl methyl sites for hydroxylation is 1.